The van der Waals surface area contributed by atoms with E-state index in [1.807, 2.05) is 0 Å². The molecule has 0 heterocycles. The van der Waals surface area contributed by atoms with E-state index in [-0.39, 0.29) is 10.6 Å². The second-order valence-corrected chi connectivity index (χ2v) is 6.49. The quantitative estimate of drug-likeness (QED) is 0.834. The number of hydrogen-bond acceptors (Lipinski definition) is 4. The highest BCUT2D eigenvalue weighted by Crippen LogP contribution is 2.33. The van der Waals surface area contributed by atoms with Crippen molar-refractivity contribution in [2.45, 2.75) is 24.2 Å². The van der Waals surface area contributed by atoms with Crippen LogP contribution >= 0.6 is 0 Å². The van der Waals surface area contributed by atoms with Crippen LogP contribution in [0.3, 0.4) is 0 Å². The Hall–Kier alpha value is -1.23. The molecule has 0 bridgehead atoms. The highest BCUT2D eigenvalue weighted by Gasteiger charge is 2.27. The van der Waals surface area contributed by atoms with Crippen LogP contribution in [-0.2, 0) is 9.84 Å². The fourth-order valence-corrected chi connectivity index (χ4v) is 3.86. The predicted octanol–water partition coefficient (Wildman–Crippen LogP) is 1.85. The summed E-state index contributed by atoms with van der Waals surface area (Å²) in [6.45, 7) is 0. The number of anilines is 1. The van der Waals surface area contributed by atoms with Crippen molar-refractivity contribution in [3.05, 3.63) is 18.2 Å². The van der Waals surface area contributed by atoms with Gasteiger partial charge in [0.2, 0.25) is 0 Å². The zero-order chi connectivity index (χ0) is 12.5. The van der Waals surface area contributed by atoms with Crippen LogP contribution < -0.4 is 10.5 Å². The Morgan fingerprint density at radius 1 is 1.41 bits per heavy atom. The number of nitrogens with two attached hydrogens (primary N) is 1. The molecule has 0 aliphatic heterocycles. The molecule has 1 aromatic carbocycles. The summed E-state index contributed by atoms with van der Waals surface area (Å²) in [5.41, 5.74) is 6.11. The highest BCUT2D eigenvalue weighted by atomic mass is 32.2. The highest BCUT2D eigenvalue weighted by molar-refractivity contribution is 7.91. The third kappa shape index (κ3) is 2.54. The molecule has 0 saturated heterocycles. The van der Waals surface area contributed by atoms with Crippen molar-refractivity contribution in [3.63, 3.8) is 0 Å². The maximum Gasteiger partial charge on any atom is 0.182 e. The van der Waals surface area contributed by atoms with Crippen molar-refractivity contribution in [2.24, 2.45) is 5.92 Å². The monoisotopic (exact) mass is 255 g/mol. The van der Waals surface area contributed by atoms with E-state index < -0.39 is 9.84 Å². The van der Waals surface area contributed by atoms with Crippen LogP contribution in [0.2, 0.25) is 0 Å². The van der Waals surface area contributed by atoms with E-state index in [9.17, 15) is 8.42 Å². The number of sulfone groups is 1. The lowest BCUT2D eigenvalue weighted by atomic mass is 9.87. The summed E-state index contributed by atoms with van der Waals surface area (Å²) < 4.78 is 29.5. The van der Waals surface area contributed by atoms with E-state index in [1.54, 1.807) is 12.1 Å². The molecule has 2 N–H and O–H groups in total. The van der Waals surface area contributed by atoms with Gasteiger partial charge < -0.3 is 10.5 Å². The van der Waals surface area contributed by atoms with Gasteiger partial charge in [0, 0.05) is 11.8 Å². The Balaban J connectivity index is 2.31. The molecule has 5 heteroatoms. The molecule has 1 aliphatic rings. The summed E-state index contributed by atoms with van der Waals surface area (Å²) in [4.78, 5) is 0.251. The molecular formula is C12H17NO3S. The molecular weight excluding hydrogens is 238 g/mol. The lowest BCUT2D eigenvalue weighted by molar-refractivity contribution is 0.346. The second kappa shape index (κ2) is 4.56. The third-order valence-corrected chi connectivity index (χ3v) is 5.12. The van der Waals surface area contributed by atoms with Gasteiger partial charge in [0.1, 0.15) is 10.6 Å². The molecule has 0 unspecified atom stereocenters. The Kier molecular flexibility index (Phi) is 3.28. The molecule has 4 nitrogen and oxygen atoms in total. The summed E-state index contributed by atoms with van der Waals surface area (Å²) in [7, 11) is -1.80. The van der Waals surface area contributed by atoms with Crippen molar-refractivity contribution in [1.29, 1.82) is 0 Å². The van der Waals surface area contributed by atoms with Crippen LogP contribution in [0.1, 0.15) is 19.3 Å². The molecule has 1 saturated carbocycles. The van der Waals surface area contributed by atoms with E-state index >= 15 is 0 Å². The average Bonchev–Trinajstić information content (AvgIpc) is 2.23. The SMILES string of the molecule is COc1cc(N)ccc1S(=O)(=O)CC1CCC1. The summed E-state index contributed by atoms with van der Waals surface area (Å²) in [5, 5.41) is 0. The lowest BCUT2D eigenvalue weighted by Gasteiger charge is -2.25. The number of methoxy groups -OCH3 is 1. The Morgan fingerprint density at radius 2 is 2.12 bits per heavy atom. The van der Waals surface area contributed by atoms with Gasteiger partial charge in [-0.25, -0.2) is 8.42 Å². The summed E-state index contributed by atoms with van der Waals surface area (Å²) >= 11 is 0. The first kappa shape index (κ1) is 12.2. The molecule has 0 atom stereocenters. The van der Waals surface area contributed by atoms with Gasteiger partial charge in [0.15, 0.2) is 9.84 Å². The Bertz CT molecular complexity index is 506. The van der Waals surface area contributed by atoms with Crippen LogP contribution in [0.5, 0.6) is 5.75 Å². The zero-order valence-corrected chi connectivity index (χ0v) is 10.7. The van der Waals surface area contributed by atoms with E-state index in [0.717, 1.165) is 19.3 Å². The third-order valence-electron chi connectivity index (χ3n) is 3.20. The topological polar surface area (TPSA) is 69.4 Å². The van der Waals surface area contributed by atoms with Gasteiger partial charge >= 0.3 is 0 Å². The molecule has 1 aliphatic carbocycles. The lowest BCUT2D eigenvalue weighted by Crippen LogP contribution is -2.22. The second-order valence-electron chi connectivity index (χ2n) is 4.49. The Morgan fingerprint density at radius 3 is 2.65 bits per heavy atom. The number of ether oxygens (including phenoxy) is 1. The maximum atomic E-state index is 12.2. The minimum atomic E-state index is -3.26. The van der Waals surface area contributed by atoms with E-state index in [2.05, 4.69) is 0 Å². The van der Waals surface area contributed by atoms with Gasteiger partial charge in [-0.15, -0.1) is 0 Å². The molecule has 0 aromatic heterocycles. The first-order valence-corrected chi connectivity index (χ1v) is 7.34. The van der Waals surface area contributed by atoms with Crippen LogP contribution in [0.4, 0.5) is 5.69 Å². The van der Waals surface area contributed by atoms with Crippen molar-refractivity contribution in [3.8, 4) is 5.75 Å². The number of hydrogen-bond donors (Lipinski definition) is 1. The van der Waals surface area contributed by atoms with Crippen molar-refractivity contribution in [2.75, 3.05) is 18.6 Å². The molecule has 1 fully saturated rings. The van der Waals surface area contributed by atoms with Crippen LogP contribution in [0.15, 0.2) is 23.1 Å². The normalized spacial score (nSPS) is 16.5. The minimum absolute atomic E-state index is 0.216. The first-order valence-electron chi connectivity index (χ1n) is 5.69. The number of benzene rings is 1. The molecule has 0 spiro atoms. The van der Waals surface area contributed by atoms with Gasteiger partial charge in [-0.1, -0.05) is 6.42 Å². The van der Waals surface area contributed by atoms with Crippen LogP contribution in [0.25, 0.3) is 0 Å². The summed E-state index contributed by atoms with van der Waals surface area (Å²) in [6, 6.07) is 4.67. The number of nitrogen functional groups attached to an aromatic ring is 1. The summed E-state index contributed by atoms with van der Waals surface area (Å²) in [6.07, 6.45) is 3.16. The molecule has 0 radical (unpaired) electrons. The van der Waals surface area contributed by atoms with Gasteiger partial charge in [-0.05, 0) is 30.9 Å². The fourth-order valence-electron chi connectivity index (χ4n) is 2.00. The van der Waals surface area contributed by atoms with Gasteiger partial charge in [0.05, 0.1) is 12.9 Å². The fraction of sp³-hybridized carbons (Fsp3) is 0.500. The van der Waals surface area contributed by atoms with E-state index in [0.29, 0.717) is 17.4 Å². The van der Waals surface area contributed by atoms with E-state index in [1.165, 1.54) is 13.2 Å². The van der Waals surface area contributed by atoms with Gasteiger partial charge in [-0.3, -0.25) is 0 Å². The average molecular weight is 255 g/mol. The molecule has 1 aromatic rings. The van der Waals surface area contributed by atoms with Crippen molar-refractivity contribution >= 4 is 15.5 Å². The zero-order valence-electron chi connectivity index (χ0n) is 9.85. The maximum absolute atomic E-state index is 12.2. The molecule has 17 heavy (non-hydrogen) atoms. The largest absolute Gasteiger partial charge is 0.495 e. The standard InChI is InChI=1S/C12H17NO3S/c1-16-11-7-10(13)5-6-12(11)17(14,15)8-9-3-2-4-9/h5-7,9H,2-4,8,13H2,1H3. The smallest absolute Gasteiger partial charge is 0.182 e. The van der Waals surface area contributed by atoms with Crippen molar-refractivity contribution in [1.82, 2.24) is 0 Å². The Labute approximate surface area is 102 Å². The molecule has 2 rings (SSSR count). The van der Waals surface area contributed by atoms with E-state index in [4.69, 9.17) is 10.5 Å². The molecule has 0 amide bonds. The van der Waals surface area contributed by atoms with Gasteiger partial charge in [0.25, 0.3) is 0 Å². The number of rotatable bonds is 4. The molecule has 94 valence electrons. The van der Waals surface area contributed by atoms with Crippen molar-refractivity contribution < 1.29 is 13.2 Å². The first-order chi connectivity index (χ1) is 8.03. The predicted molar refractivity (Wildman–Crippen MR) is 66.8 cm³/mol. The van der Waals surface area contributed by atoms with Crippen LogP contribution in [-0.4, -0.2) is 21.3 Å². The minimum Gasteiger partial charge on any atom is -0.495 e. The van der Waals surface area contributed by atoms with Crippen LogP contribution in [0, 0.1) is 5.92 Å². The van der Waals surface area contributed by atoms with Gasteiger partial charge in [-0.2, -0.15) is 0 Å². The summed E-state index contributed by atoms with van der Waals surface area (Å²) in [5.74, 6) is 0.861.